The van der Waals surface area contributed by atoms with Gasteiger partial charge in [-0.2, -0.15) is 0 Å². The molecule has 5 nitrogen and oxygen atoms in total. The van der Waals surface area contributed by atoms with E-state index in [9.17, 15) is 5.21 Å². The molecule has 2 rings (SSSR count). The summed E-state index contributed by atoms with van der Waals surface area (Å²) in [5, 5.41) is 14.6. The highest BCUT2D eigenvalue weighted by atomic mass is 16.8. The van der Waals surface area contributed by atoms with E-state index >= 15 is 0 Å². The lowest BCUT2D eigenvalue weighted by molar-refractivity contribution is -0.782. The second-order valence-corrected chi connectivity index (χ2v) is 3.03. The van der Waals surface area contributed by atoms with Crippen LogP contribution >= 0.6 is 0 Å². The Bertz CT molecular complexity index is 490. The van der Waals surface area contributed by atoms with Crippen LogP contribution in [-0.4, -0.2) is 10.1 Å². The smallest absolute Gasteiger partial charge is 0.341 e. The zero-order valence-corrected chi connectivity index (χ0v) is 7.73. The average Bonchev–Trinajstić information content (AvgIpc) is 2.48. The molecule has 0 bridgehead atoms. The first-order valence-corrected chi connectivity index (χ1v) is 4.19. The van der Waals surface area contributed by atoms with Gasteiger partial charge in [-0.1, -0.05) is 6.08 Å². The van der Waals surface area contributed by atoms with Crippen molar-refractivity contribution in [3.63, 3.8) is 0 Å². The summed E-state index contributed by atoms with van der Waals surface area (Å²) < 4.78 is 4.45. The number of rotatable bonds is 2. The SMILES string of the molecule is C=CCc1cc(C)c2c(no[n+]2[O-])n1. The van der Waals surface area contributed by atoms with Gasteiger partial charge in [-0.15, -0.1) is 6.58 Å². The van der Waals surface area contributed by atoms with Gasteiger partial charge in [-0.3, -0.25) is 4.63 Å². The molecule has 0 saturated carbocycles. The fourth-order valence-electron chi connectivity index (χ4n) is 1.37. The van der Waals surface area contributed by atoms with Crippen LogP contribution in [0, 0.1) is 12.1 Å². The molecule has 0 aliphatic rings. The van der Waals surface area contributed by atoms with E-state index < -0.39 is 0 Å². The molecule has 0 amide bonds. The monoisotopic (exact) mass is 191 g/mol. The number of hydrogen-bond acceptors (Lipinski definition) is 4. The molecular formula is C9H9N3O2. The van der Waals surface area contributed by atoms with Crippen LogP contribution in [0.1, 0.15) is 11.3 Å². The van der Waals surface area contributed by atoms with Crippen LogP contribution in [0.25, 0.3) is 11.2 Å². The predicted octanol–water partition coefficient (Wildman–Crippen LogP) is 0.893. The van der Waals surface area contributed by atoms with Gasteiger partial charge in [0, 0.05) is 17.7 Å². The van der Waals surface area contributed by atoms with Crippen molar-refractivity contribution in [2.75, 3.05) is 0 Å². The zero-order chi connectivity index (χ0) is 10.1. The Morgan fingerprint density at radius 1 is 1.71 bits per heavy atom. The van der Waals surface area contributed by atoms with E-state index in [1.54, 1.807) is 6.08 Å². The summed E-state index contributed by atoms with van der Waals surface area (Å²) >= 11 is 0. The third-order valence-electron chi connectivity index (χ3n) is 1.96. The van der Waals surface area contributed by atoms with Crippen molar-refractivity contribution >= 4 is 11.2 Å². The van der Waals surface area contributed by atoms with Gasteiger partial charge in [0.15, 0.2) is 0 Å². The quantitative estimate of drug-likeness (QED) is 0.522. The molecule has 0 N–H and O–H groups in total. The lowest BCUT2D eigenvalue weighted by Gasteiger charge is -1.96. The minimum atomic E-state index is 0.344. The molecule has 0 aromatic carbocycles. The normalized spacial score (nSPS) is 10.6. The standard InChI is InChI=1S/C9H9N3O2/c1-3-4-7-5-6(2)8-9(10-7)11-14-12(8)13/h3,5H,1,4H2,2H3. The van der Waals surface area contributed by atoms with Crippen molar-refractivity contribution in [2.24, 2.45) is 0 Å². The van der Waals surface area contributed by atoms with Gasteiger partial charge in [0.05, 0.1) is 5.16 Å². The minimum Gasteiger partial charge on any atom is -0.359 e. The largest absolute Gasteiger partial charge is 0.359 e. The summed E-state index contributed by atoms with van der Waals surface area (Å²) in [4.78, 5) is 4.52. The van der Waals surface area contributed by atoms with Crippen molar-refractivity contribution in [3.8, 4) is 0 Å². The van der Waals surface area contributed by atoms with Crippen LogP contribution in [0.4, 0.5) is 0 Å². The molecule has 0 spiro atoms. The molecule has 5 heteroatoms. The number of aryl methyl sites for hydroxylation is 1. The Balaban J connectivity index is 2.67. The molecule has 0 unspecified atom stereocenters. The Morgan fingerprint density at radius 3 is 3.21 bits per heavy atom. The highest BCUT2D eigenvalue weighted by Crippen LogP contribution is 2.12. The fraction of sp³-hybridized carbons (Fsp3) is 0.222. The molecule has 0 saturated heterocycles. The first kappa shape index (κ1) is 8.68. The molecule has 0 atom stereocenters. The topological polar surface area (TPSA) is 65.9 Å². The molecule has 2 aromatic rings. The van der Waals surface area contributed by atoms with Crippen LogP contribution in [0.2, 0.25) is 0 Å². The number of fused-ring (bicyclic) bond motifs is 1. The van der Waals surface area contributed by atoms with Crippen LogP contribution in [0.5, 0.6) is 0 Å². The maximum absolute atomic E-state index is 11.1. The van der Waals surface area contributed by atoms with Crippen molar-refractivity contribution in [3.05, 3.63) is 35.2 Å². The molecular weight excluding hydrogens is 182 g/mol. The molecule has 0 aliphatic carbocycles. The molecule has 0 radical (unpaired) electrons. The fourth-order valence-corrected chi connectivity index (χ4v) is 1.37. The van der Waals surface area contributed by atoms with Gasteiger partial charge < -0.3 is 5.21 Å². The van der Waals surface area contributed by atoms with E-state index in [4.69, 9.17) is 0 Å². The van der Waals surface area contributed by atoms with Crippen molar-refractivity contribution in [1.82, 2.24) is 10.1 Å². The highest BCUT2D eigenvalue weighted by molar-refractivity contribution is 5.69. The summed E-state index contributed by atoms with van der Waals surface area (Å²) in [6, 6.07) is 1.83. The minimum absolute atomic E-state index is 0.344. The second-order valence-electron chi connectivity index (χ2n) is 3.03. The first-order valence-electron chi connectivity index (χ1n) is 4.19. The lowest BCUT2D eigenvalue weighted by atomic mass is 10.2. The molecule has 0 aliphatic heterocycles. The summed E-state index contributed by atoms with van der Waals surface area (Å²) in [5.74, 6) is 0. The maximum atomic E-state index is 11.1. The van der Waals surface area contributed by atoms with Crippen molar-refractivity contribution in [1.29, 1.82) is 0 Å². The Kier molecular flexibility index (Phi) is 1.92. The average molecular weight is 191 g/mol. The third-order valence-corrected chi connectivity index (χ3v) is 1.96. The first-order chi connectivity index (χ1) is 6.72. The summed E-state index contributed by atoms with van der Waals surface area (Å²) in [6.07, 6.45) is 2.40. The Labute approximate surface area is 80.2 Å². The number of pyridine rings is 1. The van der Waals surface area contributed by atoms with Crippen LogP contribution in [-0.2, 0) is 6.42 Å². The van der Waals surface area contributed by atoms with E-state index in [0.717, 1.165) is 11.3 Å². The number of aromatic nitrogens is 3. The van der Waals surface area contributed by atoms with Gasteiger partial charge in [0.2, 0.25) is 5.52 Å². The summed E-state index contributed by atoms with van der Waals surface area (Å²) in [7, 11) is 0. The van der Waals surface area contributed by atoms with Gasteiger partial charge in [-0.05, 0) is 17.9 Å². The zero-order valence-electron chi connectivity index (χ0n) is 7.73. The second kappa shape index (κ2) is 3.10. The number of nitrogens with zero attached hydrogens (tertiary/aromatic N) is 3. The summed E-state index contributed by atoms with van der Waals surface area (Å²) in [6.45, 7) is 5.44. The number of allylic oxidation sites excluding steroid dienone is 1. The van der Waals surface area contributed by atoms with E-state index in [-0.39, 0.29) is 0 Å². The van der Waals surface area contributed by atoms with E-state index in [2.05, 4.69) is 21.3 Å². The highest BCUT2D eigenvalue weighted by Gasteiger charge is 2.14. The molecule has 2 heterocycles. The molecule has 0 fully saturated rings. The van der Waals surface area contributed by atoms with Crippen molar-refractivity contribution < 1.29 is 9.53 Å². The lowest BCUT2D eigenvalue weighted by Crippen LogP contribution is -2.23. The van der Waals surface area contributed by atoms with Crippen LogP contribution in [0.15, 0.2) is 23.4 Å². The summed E-state index contributed by atoms with van der Waals surface area (Å²) in [5.41, 5.74) is 2.37. The van der Waals surface area contributed by atoms with Crippen LogP contribution in [0.3, 0.4) is 0 Å². The Morgan fingerprint density at radius 2 is 2.50 bits per heavy atom. The Hall–Kier alpha value is -1.91. The van der Waals surface area contributed by atoms with Gasteiger partial charge in [0.25, 0.3) is 0 Å². The number of hydrogen-bond donors (Lipinski definition) is 0. The van der Waals surface area contributed by atoms with E-state index in [1.165, 1.54) is 0 Å². The van der Waals surface area contributed by atoms with Crippen molar-refractivity contribution in [2.45, 2.75) is 13.3 Å². The van der Waals surface area contributed by atoms with Gasteiger partial charge in [-0.25, -0.2) is 4.98 Å². The van der Waals surface area contributed by atoms with Gasteiger partial charge in [0.1, 0.15) is 0 Å². The predicted molar refractivity (Wildman–Crippen MR) is 49.4 cm³/mol. The molecule has 2 aromatic heterocycles. The van der Waals surface area contributed by atoms with Crippen LogP contribution < -0.4 is 4.90 Å². The van der Waals surface area contributed by atoms with Gasteiger partial charge >= 0.3 is 5.65 Å². The van der Waals surface area contributed by atoms with E-state index in [1.807, 2.05) is 13.0 Å². The van der Waals surface area contributed by atoms with E-state index in [0.29, 0.717) is 22.5 Å². The maximum Gasteiger partial charge on any atom is 0.341 e. The molecule has 72 valence electrons. The molecule has 14 heavy (non-hydrogen) atoms. The third kappa shape index (κ3) is 1.22.